The first-order chi connectivity index (χ1) is 9.84. The SMILES string of the molecule is CC(C)(C)C(=O)c1cc(CO)ccc1-c1ccccc1F. The van der Waals surface area contributed by atoms with Crippen LogP contribution in [0.4, 0.5) is 4.39 Å². The second kappa shape index (κ2) is 5.78. The minimum absolute atomic E-state index is 0.0731. The van der Waals surface area contributed by atoms with E-state index >= 15 is 0 Å². The number of halogens is 1. The molecule has 2 nitrogen and oxygen atoms in total. The lowest BCUT2D eigenvalue weighted by molar-refractivity contribution is 0.0859. The molecule has 0 atom stereocenters. The van der Waals surface area contributed by atoms with E-state index in [1.165, 1.54) is 6.07 Å². The Labute approximate surface area is 124 Å². The Balaban J connectivity index is 2.67. The lowest BCUT2D eigenvalue weighted by Gasteiger charge is -2.20. The van der Waals surface area contributed by atoms with Gasteiger partial charge in [0.2, 0.25) is 0 Å². The van der Waals surface area contributed by atoms with E-state index in [0.29, 0.717) is 22.3 Å². The van der Waals surface area contributed by atoms with Gasteiger partial charge in [-0.15, -0.1) is 0 Å². The van der Waals surface area contributed by atoms with Gasteiger partial charge in [0.15, 0.2) is 5.78 Å². The molecule has 0 saturated heterocycles. The number of carbonyl (C=O) groups is 1. The Morgan fingerprint density at radius 1 is 1.10 bits per heavy atom. The topological polar surface area (TPSA) is 37.3 Å². The summed E-state index contributed by atoms with van der Waals surface area (Å²) in [5.74, 6) is -0.437. The van der Waals surface area contributed by atoms with E-state index in [2.05, 4.69) is 0 Å². The second-order valence-corrected chi connectivity index (χ2v) is 6.10. The molecule has 0 aliphatic carbocycles. The molecule has 0 saturated carbocycles. The van der Waals surface area contributed by atoms with Crippen molar-refractivity contribution in [3.05, 3.63) is 59.4 Å². The van der Waals surface area contributed by atoms with Crippen LogP contribution in [-0.2, 0) is 6.61 Å². The van der Waals surface area contributed by atoms with E-state index in [1.54, 1.807) is 36.4 Å². The molecule has 0 unspecified atom stereocenters. The van der Waals surface area contributed by atoms with Crippen LogP contribution in [0.1, 0.15) is 36.7 Å². The number of hydrogen-bond acceptors (Lipinski definition) is 2. The zero-order chi connectivity index (χ0) is 15.6. The predicted molar refractivity (Wildman–Crippen MR) is 81.5 cm³/mol. The van der Waals surface area contributed by atoms with Gasteiger partial charge in [-0.2, -0.15) is 0 Å². The van der Waals surface area contributed by atoms with Crippen molar-refractivity contribution in [3.8, 4) is 11.1 Å². The normalized spacial score (nSPS) is 11.5. The number of aliphatic hydroxyl groups excluding tert-OH is 1. The highest BCUT2D eigenvalue weighted by Crippen LogP contribution is 2.31. The number of benzene rings is 2. The Hall–Kier alpha value is -2.00. The van der Waals surface area contributed by atoms with Crippen LogP contribution in [0.5, 0.6) is 0 Å². The van der Waals surface area contributed by atoms with Gasteiger partial charge in [-0.3, -0.25) is 4.79 Å². The van der Waals surface area contributed by atoms with Crippen LogP contribution in [0.15, 0.2) is 42.5 Å². The third kappa shape index (κ3) is 3.19. The molecule has 0 radical (unpaired) electrons. The molecule has 0 bridgehead atoms. The molecule has 21 heavy (non-hydrogen) atoms. The lowest BCUT2D eigenvalue weighted by Crippen LogP contribution is -2.21. The standard InChI is InChI=1S/C18H19FO2/c1-18(2,3)17(21)15-10-12(11-20)8-9-13(15)14-6-4-5-7-16(14)19/h4-10,20H,11H2,1-3H3. The summed E-state index contributed by atoms with van der Waals surface area (Å²) in [4.78, 5) is 12.6. The summed E-state index contributed by atoms with van der Waals surface area (Å²) in [6.07, 6.45) is 0. The van der Waals surface area contributed by atoms with Crippen LogP contribution < -0.4 is 0 Å². The number of carbonyl (C=O) groups excluding carboxylic acids is 1. The molecular formula is C18H19FO2. The average molecular weight is 286 g/mol. The van der Waals surface area contributed by atoms with Gasteiger partial charge in [-0.25, -0.2) is 4.39 Å². The third-order valence-corrected chi connectivity index (χ3v) is 3.36. The minimum atomic E-state index is -0.575. The van der Waals surface area contributed by atoms with E-state index in [4.69, 9.17) is 0 Å². The summed E-state index contributed by atoms with van der Waals surface area (Å²) in [5, 5.41) is 9.28. The Morgan fingerprint density at radius 2 is 1.76 bits per heavy atom. The zero-order valence-electron chi connectivity index (χ0n) is 12.5. The van der Waals surface area contributed by atoms with Crippen molar-refractivity contribution in [3.63, 3.8) is 0 Å². The molecule has 1 N–H and O–H groups in total. The van der Waals surface area contributed by atoms with Crippen LogP contribution in [0, 0.1) is 11.2 Å². The minimum Gasteiger partial charge on any atom is -0.392 e. The molecule has 0 fully saturated rings. The molecule has 2 rings (SSSR count). The summed E-state index contributed by atoms with van der Waals surface area (Å²) in [6, 6.07) is 11.4. The second-order valence-electron chi connectivity index (χ2n) is 6.10. The average Bonchev–Trinajstić information content (AvgIpc) is 2.45. The van der Waals surface area contributed by atoms with Gasteiger partial charge in [0.25, 0.3) is 0 Å². The summed E-state index contributed by atoms with van der Waals surface area (Å²) < 4.78 is 14.0. The highest BCUT2D eigenvalue weighted by atomic mass is 19.1. The van der Waals surface area contributed by atoms with Crippen LogP contribution in [-0.4, -0.2) is 10.9 Å². The van der Waals surface area contributed by atoms with E-state index in [9.17, 15) is 14.3 Å². The van der Waals surface area contributed by atoms with Gasteiger partial charge < -0.3 is 5.11 Å². The van der Waals surface area contributed by atoms with Gasteiger partial charge in [-0.05, 0) is 23.3 Å². The summed E-state index contributed by atoms with van der Waals surface area (Å²) >= 11 is 0. The van der Waals surface area contributed by atoms with Gasteiger partial charge in [0.1, 0.15) is 5.82 Å². The number of Topliss-reactive ketones (excluding diaryl/α,β-unsaturated/α-hetero) is 1. The van der Waals surface area contributed by atoms with Crippen LogP contribution >= 0.6 is 0 Å². The molecular weight excluding hydrogens is 267 g/mol. The summed E-state index contributed by atoms with van der Waals surface area (Å²) in [5.41, 5.74) is 1.47. The highest BCUT2D eigenvalue weighted by molar-refractivity contribution is 6.05. The molecule has 2 aromatic rings. The Kier molecular flexibility index (Phi) is 4.24. The number of rotatable bonds is 3. The summed E-state index contributed by atoms with van der Waals surface area (Å²) in [7, 11) is 0. The largest absolute Gasteiger partial charge is 0.392 e. The maximum absolute atomic E-state index is 14.0. The highest BCUT2D eigenvalue weighted by Gasteiger charge is 2.26. The van der Waals surface area contributed by atoms with Crippen LogP contribution in [0.3, 0.4) is 0 Å². The van der Waals surface area contributed by atoms with Crippen LogP contribution in [0.25, 0.3) is 11.1 Å². The zero-order valence-corrected chi connectivity index (χ0v) is 12.5. The first-order valence-corrected chi connectivity index (χ1v) is 6.88. The molecule has 2 aromatic carbocycles. The first-order valence-electron chi connectivity index (χ1n) is 6.88. The van der Waals surface area contributed by atoms with Crippen molar-refractivity contribution in [2.75, 3.05) is 0 Å². The van der Waals surface area contributed by atoms with Gasteiger partial charge in [0, 0.05) is 16.5 Å². The fourth-order valence-corrected chi connectivity index (χ4v) is 2.20. The maximum Gasteiger partial charge on any atom is 0.168 e. The van der Waals surface area contributed by atoms with Crippen molar-refractivity contribution < 1.29 is 14.3 Å². The van der Waals surface area contributed by atoms with E-state index in [1.807, 2.05) is 20.8 Å². The molecule has 0 aliphatic rings. The van der Waals surface area contributed by atoms with Crippen LogP contribution in [0.2, 0.25) is 0 Å². The predicted octanol–water partition coefficient (Wildman–Crippen LogP) is 4.21. The van der Waals surface area contributed by atoms with Crippen molar-refractivity contribution >= 4 is 5.78 Å². The van der Waals surface area contributed by atoms with Crippen molar-refractivity contribution in [1.29, 1.82) is 0 Å². The molecule has 0 amide bonds. The fourth-order valence-electron chi connectivity index (χ4n) is 2.20. The number of ketones is 1. The number of hydrogen-bond donors (Lipinski definition) is 1. The summed E-state index contributed by atoms with van der Waals surface area (Å²) in [6.45, 7) is 5.33. The molecule has 0 aromatic heterocycles. The molecule has 3 heteroatoms. The Morgan fingerprint density at radius 3 is 2.33 bits per heavy atom. The van der Waals surface area contributed by atoms with Gasteiger partial charge in [-0.1, -0.05) is 51.1 Å². The maximum atomic E-state index is 14.0. The van der Waals surface area contributed by atoms with Gasteiger partial charge >= 0.3 is 0 Å². The first kappa shape index (κ1) is 15.4. The quantitative estimate of drug-likeness (QED) is 0.858. The smallest absolute Gasteiger partial charge is 0.168 e. The van der Waals surface area contributed by atoms with Crippen molar-refractivity contribution in [2.24, 2.45) is 5.41 Å². The monoisotopic (exact) mass is 286 g/mol. The third-order valence-electron chi connectivity index (χ3n) is 3.36. The molecule has 0 spiro atoms. The van der Waals surface area contributed by atoms with E-state index < -0.39 is 5.41 Å². The number of aliphatic hydroxyl groups is 1. The fraction of sp³-hybridized carbons (Fsp3) is 0.278. The molecule has 0 heterocycles. The van der Waals surface area contributed by atoms with Crippen molar-refractivity contribution in [2.45, 2.75) is 27.4 Å². The lowest BCUT2D eigenvalue weighted by atomic mass is 9.82. The van der Waals surface area contributed by atoms with Gasteiger partial charge in [0.05, 0.1) is 6.61 Å². The molecule has 0 aliphatic heterocycles. The molecule has 110 valence electrons. The van der Waals surface area contributed by atoms with E-state index in [0.717, 1.165) is 0 Å². The Bertz CT molecular complexity index is 669. The van der Waals surface area contributed by atoms with E-state index in [-0.39, 0.29) is 18.2 Å². The van der Waals surface area contributed by atoms with Crippen molar-refractivity contribution in [1.82, 2.24) is 0 Å².